The maximum absolute atomic E-state index is 9.24. The third-order valence-corrected chi connectivity index (χ3v) is 3.90. The maximum atomic E-state index is 9.24. The number of aromatic nitrogens is 1. The fourth-order valence-corrected chi connectivity index (χ4v) is 2.71. The molecule has 19 heavy (non-hydrogen) atoms. The quantitative estimate of drug-likeness (QED) is 0.884. The minimum Gasteiger partial charge on any atom is -0.394 e. The molecule has 0 saturated carbocycles. The number of morpholine rings is 1. The van der Waals surface area contributed by atoms with E-state index in [9.17, 15) is 5.11 Å². The molecule has 1 fully saturated rings. The molecule has 2 aromatic rings. The molecule has 4 nitrogen and oxygen atoms in total. The van der Waals surface area contributed by atoms with Crippen LogP contribution in [-0.2, 0) is 11.3 Å². The summed E-state index contributed by atoms with van der Waals surface area (Å²) in [5.41, 5.74) is 2.50. The molecule has 0 amide bonds. The molecular weight excluding hydrogens is 240 g/mol. The Hall–Kier alpha value is -1.36. The largest absolute Gasteiger partial charge is 0.394 e. The summed E-state index contributed by atoms with van der Waals surface area (Å²) < 4.78 is 5.58. The van der Waals surface area contributed by atoms with E-state index in [0.29, 0.717) is 12.6 Å². The van der Waals surface area contributed by atoms with Crippen molar-refractivity contribution in [1.29, 1.82) is 0 Å². The summed E-state index contributed by atoms with van der Waals surface area (Å²) in [6.45, 7) is 4.64. The summed E-state index contributed by atoms with van der Waals surface area (Å²) in [7, 11) is 0. The Labute approximate surface area is 113 Å². The number of H-pyrrole nitrogens is 1. The first kappa shape index (κ1) is 12.7. The van der Waals surface area contributed by atoms with Crippen molar-refractivity contribution < 1.29 is 9.84 Å². The lowest BCUT2D eigenvalue weighted by Crippen LogP contribution is -2.48. The zero-order chi connectivity index (χ0) is 13.2. The molecule has 102 valence electrons. The molecule has 1 aliphatic heterocycles. The van der Waals surface area contributed by atoms with E-state index >= 15 is 0 Å². The van der Waals surface area contributed by atoms with Gasteiger partial charge in [-0.2, -0.15) is 0 Å². The average Bonchev–Trinajstić information content (AvgIpc) is 2.90. The van der Waals surface area contributed by atoms with Crippen molar-refractivity contribution in [1.82, 2.24) is 9.88 Å². The molecule has 2 atom stereocenters. The van der Waals surface area contributed by atoms with Gasteiger partial charge in [0.2, 0.25) is 0 Å². The third-order valence-electron chi connectivity index (χ3n) is 3.90. The molecule has 2 heterocycles. The number of rotatable bonds is 3. The standard InChI is InChI=1S/C15H20N2O2/c1-11-10-19-13(9-18)8-17(11)7-12-3-2-4-15-14(12)5-6-16-15/h2-6,11,13,16,18H,7-10H2,1H3. The lowest BCUT2D eigenvalue weighted by atomic mass is 10.1. The number of aliphatic hydroxyl groups is 1. The highest BCUT2D eigenvalue weighted by Gasteiger charge is 2.25. The van der Waals surface area contributed by atoms with E-state index in [1.165, 1.54) is 16.5 Å². The summed E-state index contributed by atoms with van der Waals surface area (Å²) in [6, 6.07) is 8.86. The molecule has 0 aliphatic carbocycles. The number of fused-ring (bicyclic) bond motifs is 1. The van der Waals surface area contributed by atoms with E-state index in [4.69, 9.17) is 4.74 Å². The topological polar surface area (TPSA) is 48.5 Å². The number of hydrogen-bond donors (Lipinski definition) is 2. The predicted molar refractivity (Wildman–Crippen MR) is 75.0 cm³/mol. The van der Waals surface area contributed by atoms with Crippen LogP contribution in [0.2, 0.25) is 0 Å². The van der Waals surface area contributed by atoms with E-state index in [-0.39, 0.29) is 12.7 Å². The molecule has 4 heteroatoms. The zero-order valence-corrected chi connectivity index (χ0v) is 11.2. The lowest BCUT2D eigenvalue weighted by Gasteiger charge is -2.37. The third kappa shape index (κ3) is 2.52. The van der Waals surface area contributed by atoms with Crippen LogP contribution in [0.3, 0.4) is 0 Å². The smallest absolute Gasteiger partial charge is 0.0933 e. The van der Waals surface area contributed by atoms with Crippen molar-refractivity contribution in [2.75, 3.05) is 19.8 Å². The van der Waals surface area contributed by atoms with Gasteiger partial charge < -0.3 is 14.8 Å². The SMILES string of the molecule is CC1COC(CO)CN1Cc1cccc2[nH]ccc12. The number of ether oxygens (including phenoxy) is 1. The molecule has 1 aromatic heterocycles. The van der Waals surface area contributed by atoms with Crippen molar-refractivity contribution >= 4 is 10.9 Å². The molecule has 2 unspecified atom stereocenters. The Morgan fingerprint density at radius 3 is 3.16 bits per heavy atom. The van der Waals surface area contributed by atoms with Gasteiger partial charge >= 0.3 is 0 Å². The van der Waals surface area contributed by atoms with Crippen molar-refractivity contribution in [3.63, 3.8) is 0 Å². The van der Waals surface area contributed by atoms with Gasteiger partial charge in [-0.1, -0.05) is 12.1 Å². The zero-order valence-electron chi connectivity index (χ0n) is 11.2. The van der Waals surface area contributed by atoms with Crippen LogP contribution < -0.4 is 0 Å². The molecule has 0 radical (unpaired) electrons. The predicted octanol–water partition coefficient (Wildman–Crippen LogP) is 1.75. The molecular formula is C15H20N2O2. The fourth-order valence-electron chi connectivity index (χ4n) is 2.71. The van der Waals surface area contributed by atoms with Crippen LogP contribution in [0.5, 0.6) is 0 Å². The van der Waals surface area contributed by atoms with E-state index in [2.05, 4.69) is 41.1 Å². The van der Waals surface area contributed by atoms with Gasteiger partial charge in [0.1, 0.15) is 0 Å². The Balaban J connectivity index is 1.81. The van der Waals surface area contributed by atoms with Gasteiger partial charge in [-0.15, -0.1) is 0 Å². The Morgan fingerprint density at radius 1 is 1.42 bits per heavy atom. The Kier molecular flexibility index (Phi) is 3.55. The Morgan fingerprint density at radius 2 is 2.32 bits per heavy atom. The van der Waals surface area contributed by atoms with Gasteiger partial charge in [-0.05, 0) is 24.6 Å². The molecule has 1 saturated heterocycles. The van der Waals surface area contributed by atoms with Crippen molar-refractivity contribution in [3.8, 4) is 0 Å². The van der Waals surface area contributed by atoms with Crippen molar-refractivity contribution in [2.24, 2.45) is 0 Å². The highest BCUT2D eigenvalue weighted by molar-refractivity contribution is 5.82. The average molecular weight is 260 g/mol. The number of nitrogens with zero attached hydrogens (tertiary/aromatic N) is 1. The van der Waals surface area contributed by atoms with Gasteiger partial charge in [-0.3, -0.25) is 4.90 Å². The molecule has 1 aliphatic rings. The Bertz CT molecular complexity index is 552. The number of aliphatic hydroxyl groups excluding tert-OH is 1. The first-order valence-electron chi connectivity index (χ1n) is 6.79. The molecule has 0 bridgehead atoms. The number of nitrogens with one attached hydrogen (secondary N) is 1. The van der Waals surface area contributed by atoms with Crippen LogP contribution in [0.15, 0.2) is 30.5 Å². The number of hydrogen-bond acceptors (Lipinski definition) is 3. The highest BCUT2D eigenvalue weighted by atomic mass is 16.5. The van der Waals surface area contributed by atoms with Gasteiger partial charge in [-0.25, -0.2) is 0 Å². The lowest BCUT2D eigenvalue weighted by molar-refractivity contribution is -0.0804. The van der Waals surface area contributed by atoms with E-state index in [1.807, 2.05) is 6.20 Å². The maximum Gasteiger partial charge on any atom is 0.0933 e. The number of aromatic amines is 1. The first-order chi connectivity index (χ1) is 9.28. The van der Waals surface area contributed by atoms with Crippen LogP contribution in [0.25, 0.3) is 10.9 Å². The minimum atomic E-state index is -0.0540. The van der Waals surface area contributed by atoms with Crippen LogP contribution >= 0.6 is 0 Å². The summed E-state index contributed by atoms with van der Waals surface area (Å²) in [4.78, 5) is 5.63. The van der Waals surface area contributed by atoms with Crippen LogP contribution in [0.4, 0.5) is 0 Å². The van der Waals surface area contributed by atoms with E-state index in [0.717, 1.165) is 13.1 Å². The summed E-state index contributed by atoms with van der Waals surface area (Å²) >= 11 is 0. The molecule has 2 N–H and O–H groups in total. The second-order valence-electron chi connectivity index (χ2n) is 5.27. The molecule has 0 spiro atoms. The monoisotopic (exact) mass is 260 g/mol. The summed E-state index contributed by atoms with van der Waals surface area (Å²) in [5, 5.41) is 10.5. The minimum absolute atomic E-state index is 0.0540. The van der Waals surface area contributed by atoms with E-state index < -0.39 is 0 Å². The van der Waals surface area contributed by atoms with Crippen LogP contribution in [-0.4, -0.2) is 46.9 Å². The molecule has 3 rings (SSSR count). The number of benzene rings is 1. The van der Waals surface area contributed by atoms with Crippen molar-refractivity contribution in [3.05, 3.63) is 36.0 Å². The molecule has 1 aromatic carbocycles. The second-order valence-corrected chi connectivity index (χ2v) is 5.27. The van der Waals surface area contributed by atoms with Gasteiger partial charge in [0, 0.05) is 36.2 Å². The van der Waals surface area contributed by atoms with Gasteiger partial charge in [0.25, 0.3) is 0 Å². The van der Waals surface area contributed by atoms with Crippen LogP contribution in [0.1, 0.15) is 12.5 Å². The van der Waals surface area contributed by atoms with Gasteiger partial charge in [0.05, 0.1) is 19.3 Å². The summed E-state index contributed by atoms with van der Waals surface area (Å²) in [5.74, 6) is 0. The first-order valence-corrected chi connectivity index (χ1v) is 6.79. The fraction of sp³-hybridized carbons (Fsp3) is 0.467. The highest BCUT2D eigenvalue weighted by Crippen LogP contribution is 2.21. The van der Waals surface area contributed by atoms with Gasteiger partial charge in [0.15, 0.2) is 0 Å². The van der Waals surface area contributed by atoms with Crippen molar-refractivity contribution in [2.45, 2.75) is 25.6 Å². The summed E-state index contributed by atoms with van der Waals surface area (Å²) in [6.07, 6.45) is 1.93. The van der Waals surface area contributed by atoms with Crippen LogP contribution in [0, 0.1) is 0 Å². The normalized spacial score (nSPS) is 24.9. The van der Waals surface area contributed by atoms with E-state index in [1.54, 1.807) is 0 Å². The second kappa shape index (κ2) is 5.33.